The van der Waals surface area contributed by atoms with Crippen LogP contribution in [0.5, 0.6) is 0 Å². The Kier molecular flexibility index (Phi) is 5.58. The second kappa shape index (κ2) is 5.91. The van der Waals surface area contributed by atoms with Crippen LogP contribution in [0.4, 0.5) is 0 Å². The van der Waals surface area contributed by atoms with Gasteiger partial charge in [0.2, 0.25) is 5.91 Å². The van der Waals surface area contributed by atoms with Gasteiger partial charge in [-0.2, -0.15) is 0 Å². The molecular formula is C12H24N2O. The minimum atomic E-state index is -0.0741. The molecule has 3 heteroatoms. The Balaban J connectivity index is 4.40. The minimum absolute atomic E-state index is 0.0741. The molecule has 0 saturated heterocycles. The number of nitrogens with two attached hydrogens (primary N) is 1. The van der Waals surface area contributed by atoms with Gasteiger partial charge in [-0.1, -0.05) is 26.8 Å². The molecule has 15 heavy (non-hydrogen) atoms. The molecule has 0 spiro atoms. The summed E-state index contributed by atoms with van der Waals surface area (Å²) in [5.74, 6) is 0.0438. The van der Waals surface area contributed by atoms with E-state index in [1.54, 1.807) is 18.0 Å². The lowest BCUT2D eigenvalue weighted by Crippen LogP contribution is -2.38. The van der Waals surface area contributed by atoms with Crippen LogP contribution in [-0.4, -0.2) is 30.9 Å². The Hall–Kier alpha value is -0.830. The van der Waals surface area contributed by atoms with Gasteiger partial charge < -0.3 is 10.6 Å². The van der Waals surface area contributed by atoms with Crippen LogP contribution >= 0.6 is 0 Å². The summed E-state index contributed by atoms with van der Waals surface area (Å²) in [5, 5.41) is 0. The van der Waals surface area contributed by atoms with Crippen LogP contribution in [0.25, 0.3) is 0 Å². The molecule has 0 aliphatic heterocycles. The molecule has 0 aliphatic carbocycles. The van der Waals surface area contributed by atoms with Gasteiger partial charge in [0.15, 0.2) is 0 Å². The van der Waals surface area contributed by atoms with Gasteiger partial charge in [0.1, 0.15) is 0 Å². The molecule has 0 aliphatic rings. The van der Waals surface area contributed by atoms with Crippen LogP contribution in [0, 0.1) is 11.3 Å². The molecule has 0 aromatic rings. The lowest BCUT2D eigenvalue weighted by Gasteiger charge is -2.27. The number of nitrogens with zero attached hydrogens (tertiary/aromatic N) is 1. The lowest BCUT2D eigenvalue weighted by atomic mass is 9.84. The molecule has 88 valence electrons. The third-order valence-corrected chi connectivity index (χ3v) is 2.27. The number of carbonyl (C=O) groups is 1. The first-order valence-corrected chi connectivity index (χ1v) is 5.37. The Bertz CT molecular complexity index is 218. The quantitative estimate of drug-likeness (QED) is 0.704. The van der Waals surface area contributed by atoms with Crippen molar-refractivity contribution in [3.63, 3.8) is 0 Å². The molecule has 0 fully saturated rings. The van der Waals surface area contributed by atoms with E-state index >= 15 is 0 Å². The summed E-state index contributed by atoms with van der Waals surface area (Å²) in [7, 11) is 1.79. The van der Waals surface area contributed by atoms with Crippen molar-refractivity contribution in [2.45, 2.75) is 27.2 Å². The predicted molar refractivity (Wildman–Crippen MR) is 64.5 cm³/mol. The Morgan fingerprint density at radius 1 is 1.53 bits per heavy atom. The summed E-state index contributed by atoms with van der Waals surface area (Å²) >= 11 is 0. The number of hydrogen-bond donors (Lipinski definition) is 1. The highest BCUT2D eigenvalue weighted by Gasteiger charge is 2.25. The van der Waals surface area contributed by atoms with Gasteiger partial charge in [-0.3, -0.25) is 4.79 Å². The number of rotatable bonds is 5. The average molecular weight is 212 g/mol. The van der Waals surface area contributed by atoms with E-state index in [1.165, 1.54) is 0 Å². The summed E-state index contributed by atoms with van der Waals surface area (Å²) in [6.07, 6.45) is 2.55. The molecule has 0 aromatic carbocycles. The second-order valence-electron chi connectivity index (χ2n) is 5.20. The van der Waals surface area contributed by atoms with Crippen molar-refractivity contribution in [1.29, 1.82) is 0 Å². The third kappa shape index (κ3) is 5.57. The Morgan fingerprint density at radius 2 is 2.07 bits per heavy atom. The monoisotopic (exact) mass is 212 g/mol. The third-order valence-electron chi connectivity index (χ3n) is 2.27. The lowest BCUT2D eigenvalue weighted by molar-refractivity contribution is -0.134. The van der Waals surface area contributed by atoms with Crippen LogP contribution in [0.3, 0.4) is 0 Å². The highest BCUT2D eigenvalue weighted by Crippen LogP contribution is 2.24. The summed E-state index contributed by atoms with van der Waals surface area (Å²) in [5.41, 5.74) is 5.78. The molecule has 0 aromatic heterocycles. The standard InChI is InChI=1S/C12H24N2O/c1-6-7-14(5)11(15)10(9-13)8-12(2,3)4/h6,10H,1,7-9,13H2,2-5H3. The minimum Gasteiger partial charge on any atom is -0.342 e. The van der Waals surface area contributed by atoms with E-state index in [0.717, 1.165) is 6.42 Å². The SMILES string of the molecule is C=CCN(C)C(=O)C(CN)CC(C)(C)C. The van der Waals surface area contributed by atoms with Crippen LogP contribution in [0.2, 0.25) is 0 Å². The smallest absolute Gasteiger partial charge is 0.226 e. The zero-order chi connectivity index (χ0) is 12.1. The second-order valence-corrected chi connectivity index (χ2v) is 5.20. The summed E-state index contributed by atoms with van der Waals surface area (Å²) < 4.78 is 0. The maximum absolute atomic E-state index is 11.9. The van der Waals surface area contributed by atoms with Crippen molar-refractivity contribution in [3.8, 4) is 0 Å². The van der Waals surface area contributed by atoms with E-state index in [4.69, 9.17) is 5.73 Å². The first-order valence-electron chi connectivity index (χ1n) is 5.37. The van der Waals surface area contributed by atoms with Gasteiger partial charge >= 0.3 is 0 Å². The molecule has 1 amide bonds. The number of carbonyl (C=O) groups excluding carboxylic acids is 1. The Labute approximate surface area is 93.3 Å². The van der Waals surface area contributed by atoms with Crippen molar-refractivity contribution >= 4 is 5.91 Å². The fourth-order valence-corrected chi connectivity index (χ4v) is 1.61. The van der Waals surface area contributed by atoms with Gasteiger partial charge in [0.25, 0.3) is 0 Å². The fourth-order valence-electron chi connectivity index (χ4n) is 1.61. The van der Waals surface area contributed by atoms with Crippen molar-refractivity contribution in [1.82, 2.24) is 4.90 Å². The molecule has 1 unspecified atom stereocenters. The first kappa shape index (κ1) is 14.2. The topological polar surface area (TPSA) is 46.3 Å². The highest BCUT2D eigenvalue weighted by atomic mass is 16.2. The maximum atomic E-state index is 11.9. The normalized spacial score (nSPS) is 13.4. The van der Waals surface area contributed by atoms with E-state index in [9.17, 15) is 4.79 Å². The van der Waals surface area contributed by atoms with E-state index in [1.807, 2.05) is 0 Å². The fraction of sp³-hybridized carbons (Fsp3) is 0.750. The van der Waals surface area contributed by atoms with Crippen molar-refractivity contribution in [3.05, 3.63) is 12.7 Å². The number of amides is 1. The van der Waals surface area contributed by atoms with Crippen molar-refractivity contribution < 1.29 is 4.79 Å². The van der Waals surface area contributed by atoms with Gasteiger partial charge in [-0.05, 0) is 11.8 Å². The van der Waals surface area contributed by atoms with E-state index < -0.39 is 0 Å². The van der Waals surface area contributed by atoms with E-state index in [-0.39, 0.29) is 17.2 Å². The summed E-state index contributed by atoms with van der Waals surface area (Å²) in [6, 6.07) is 0. The molecular weight excluding hydrogens is 188 g/mol. The summed E-state index contributed by atoms with van der Waals surface area (Å²) in [6.45, 7) is 11.0. The number of hydrogen-bond acceptors (Lipinski definition) is 2. The van der Waals surface area contributed by atoms with E-state index in [0.29, 0.717) is 13.1 Å². The van der Waals surface area contributed by atoms with Gasteiger partial charge in [0.05, 0.1) is 5.92 Å². The van der Waals surface area contributed by atoms with E-state index in [2.05, 4.69) is 27.4 Å². The maximum Gasteiger partial charge on any atom is 0.226 e. The van der Waals surface area contributed by atoms with Crippen LogP contribution in [-0.2, 0) is 4.79 Å². The van der Waals surface area contributed by atoms with Gasteiger partial charge in [0, 0.05) is 20.1 Å². The predicted octanol–water partition coefficient (Wildman–Crippen LogP) is 1.64. The van der Waals surface area contributed by atoms with Crippen LogP contribution in [0.15, 0.2) is 12.7 Å². The molecule has 0 rings (SSSR count). The van der Waals surface area contributed by atoms with Gasteiger partial charge in [-0.25, -0.2) is 0 Å². The molecule has 2 N–H and O–H groups in total. The van der Waals surface area contributed by atoms with Crippen molar-refractivity contribution in [2.75, 3.05) is 20.1 Å². The van der Waals surface area contributed by atoms with Crippen LogP contribution < -0.4 is 5.73 Å². The molecule has 0 bridgehead atoms. The molecule has 0 radical (unpaired) electrons. The molecule has 3 nitrogen and oxygen atoms in total. The zero-order valence-corrected chi connectivity index (χ0v) is 10.4. The van der Waals surface area contributed by atoms with Crippen molar-refractivity contribution in [2.24, 2.45) is 17.1 Å². The molecule has 0 heterocycles. The van der Waals surface area contributed by atoms with Gasteiger partial charge in [-0.15, -0.1) is 6.58 Å². The molecule has 0 saturated carbocycles. The first-order chi connectivity index (χ1) is 6.81. The number of likely N-dealkylation sites (N-methyl/N-ethyl adjacent to an activating group) is 1. The Morgan fingerprint density at radius 3 is 2.40 bits per heavy atom. The molecule has 1 atom stereocenters. The summed E-state index contributed by atoms with van der Waals surface area (Å²) in [4.78, 5) is 13.6. The largest absolute Gasteiger partial charge is 0.342 e. The highest BCUT2D eigenvalue weighted by molar-refractivity contribution is 5.79. The average Bonchev–Trinajstić information content (AvgIpc) is 2.12. The zero-order valence-electron chi connectivity index (χ0n) is 10.4. The van der Waals surface area contributed by atoms with Crippen LogP contribution in [0.1, 0.15) is 27.2 Å².